The molecule has 0 radical (unpaired) electrons. The number of fused-ring (bicyclic) bond motifs is 1. The van der Waals surface area contributed by atoms with E-state index >= 15 is 0 Å². The quantitative estimate of drug-likeness (QED) is 0.776. The summed E-state index contributed by atoms with van der Waals surface area (Å²) >= 11 is 0. The van der Waals surface area contributed by atoms with Gasteiger partial charge in [0.15, 0.2) is 11.5 Å². The van der Waals surface area contributed by atoms with Crippen molar-refractivity contribution in [1.29, 1.82) is 0 Å². The van der Waals surface area contributed by atoms with Crippen LogP contribution in [0.15, 0.2) is 47.8 Å². The molecule has 0 saturated carbocycles. The molecule has 0 aliphatic rings. The highest BCUT2D eigenvalue weighted by molar-refractivity contribution is 5.81. The molecular formula is C15H15N3O3. The molecule has 0 aliphatic heterocycles. The van der Waals surface area contributed by atoms with Gasteiger partial charge >= 0.3 is 0 Å². The van der Waals surface area contributed by atoms with Gasteiger partial charge < -0.3 is 19.0 Å². The monoisotopic (exact) mass is 285 g/mol. The molecule has 0 bridgehead atoms. The molecule has 6 nitrogen and oxygen atoms in total. The van der Waals surface area contributed by atoms with Crippen LogP contribution in [0.5, 0.6) is 11.5 Å². The number of aromatic amines is 1. The van der Waals surface area contributed by atoms with E-state index in [0.29, 0.717) is 29.0 Å². The van der Waals surface area contributed by atoms with Gasteiger partial charge in [0.25, 0.3) is 5.56 Å². The fraction of sp³-hybridized carbons (Fsp3) is 0.200. The number of H-pyrrole nitrogens is 1. The number of hydrogen-bond acceptors (Lipinski definition) is 4. The van der Waals surface area contributed by atoms with Crippen molar-refractivity contribution in [2.24, 2.45) is 0 Å². The molecule has 0 unspecified atom stereocenters. The number of nitrogens with zero attached hydrogens (tertiary/aromatic N) is 2. The van der Waals surface area contributed by atoms with E-state index in [9.17, 15) is 4.79 Å². The summed E-state index contributed by atoms with van der Waals surface area (Å²) in [5.74, 6) is 1.10. The standard InChI is InChI=1S/C15H15N3O3/c1-20-13-8-11-12(16-10-17-15(11)19)9-14(13)21-7-6-18-4-2-3-5-18/h2-5,8-10H,6-7H2,1H3,(H,16,17,19). The third-order valence-corrected chi connectivity index (χ3v) is 3.20. The zero-order chi connectivity index (χ0) is 14.7. The molecule has 3 rings (SSSR count). The SMILES string of the molecule is COc1cc2c(=O)[nH]cnc2cc1OCCn1cccc1. The van der Waals surface area contributed by atoms with Gasteiger partial charge in [0.1, 0.15) is 6.61 Å². The minimum atomic E-state index is -0.197. The van der Waals surface area contributed by atoms with Crippen LogP contribution in [-0.4, -0.2) is 28.3 Å². The lowest BCUT2D eigenvalue weighted by atomic mass is 10.2. The lowest BCUT2D eigenvalue weighted by Gasteiger charge is -2.11. The van der Waals surface area contributed by atoms with Gasteiger partial charge in [-0.05, 0) is 18.2 Å². The van der Waals surface area contributed by atoms with E-state index in [-0.39, 0.29) is 5.56 Å². The number of rotatable bonds is 5. The first-order valence-electron chi connectivity index (χ1n) is 6.57. The van der Waals surface area contributed by atoms with Crippen LogP contribution < -0.4 is 15.0 Å². The molecule has 0 spiro atoms. The van der Waals surface area contributed by atoms with Crippen LogP contribution in [-0.2, 0) is 6.54 Å². The lowest BCUT2D eigenvalue weighted by molar-refractivity contribution is 0.280. The summed E-state index contributed by atoms with van der Waals surface area (Å²) in [5.41, 5.74) is 0.382. The molecular weight excluding hydrogens is 270 g/mol. The van der Waals surface area contributed by atoms with Crippen LogP contribution in [0.1, 0.15) is 0 Å². The summed E-state index contributed by atoms with van der Waals surface area (Å²) in [6.45, 7) is 1.23. The van der Waals surface area contributed by atoms with Gasteiger partial charge in [-0.3, -0.25) is 4.79 Å². The summed E-state index contributed by atoms with van der Waals surface area (Å²) in [7, 11) is 1.55. The topological polar surface area (TPSA) is 69.1 Å². The van der Waals surface area contributed by atoms with Crippen molar-refractivity contribution in [2.45, 2.75) is 6.54 Å². The van der Waals surface area contributed by atoms with Crippen molar-refractivity contribution < 1.29 is 9.47 Å². The van der Waals surface area contributed by atoms with Gasteiger partial charge in [0, 0.05) is 18.5 Å². The van der Waals surface area contributed by atoms with Crippen molar-refractivity contribution in [3.05, 3.63) is 53.3 Å². The fourth-order valence-corrected chi connectivity index (χ4v) is 2.13. The average molecular weight is 285 g/mol. The molecule has 2 aromatic heterocycles. The van der Waals surface area contributed by atoms with Crippen molar-refractivity contribution in [3.63, 3.8) is 0 Å². The molecule has 0 atom stereocenters. The predicted molar refractivity (Wildman–Crippen MR) is 78.8 cm³/mol. The molecule has 0 amide bonds. The zero-order valence-electron chi connectivity index (χ0n) is 11.6. The average Bonchev–Trinajstić information content (AvgIpc) is 3.00. The van der Waals surface area contributed by atoms with Crippen LogP contribution in [0.3, 0.4) is 0 Å². The van der Waals surface area contributed by atoms with Crippen LogP contribution >= 0.6 is 0 Å². The van der Waals surface area contributed by atoms with E-state index in [1.54, 1.807) is 19.2 Å². The number of hydrogen-bond donors (Lipinski definition) is 1. The van der Waals surface area contributed by atoms with E-state index < -0.39 is 0 Å². The van der Waals surface area contributed by atoms with Crippen molar-refractivity contribution in [2.75, 3.05) is 13.7 Å². The molecule has 1 aromatic carbocycles. The Bertz CT molecular complexity index is 794. The van der Waals surface area contributed by atoms with Gasteiger partial charge in [0.2, 0.25) is 0 Å². The fourth-order valence-electron chi connectivity index (χ4n) is 2.13. The van der Waals surface area contributed by atoms with E-state index in [2.05, 4.69) is 9.97 Å². The second-order valence-electron chi connectivity index (χ2n) is 4.52. The summed E-state index contributed by atoms with van der Waals surface area (Å²) in [5, 5.41) is 0.479. The Hall–Kier alpha value is -2.76. The maximum absolute atomic E-state index is 11.7. The molecule has 0 saturated heterocycles. The molecule has 3 aromatic rings. The van der Waals surface area contributed by atoms with Crippen molar-refractivity contribution in [1.82, 2.24) is 14.5 Å². The number of nitrogens with one attached hydrogen (secondary N) is 1. The third kappa shape index (κ3) is 2.74. The largest absolute Gasteiger partial charge is 0.493 e. The van der Waals surface area contributed by atoms with Gasteiger partial charge in [0.05, 0.1) is 30.9 Å². The minimum absolute atomic E-state index is 0.197. The van der Waals surface area contributed by atoms with Crippen LogP contribution in [0.4, 0.5) is 0 Å². The summed E-state index contributed by atoms with van der Waals surface area (Å²) in [6.07, 6.45) is 5.32. The second-order valence-corrected chi connectivity index (χ2v) is 4.52. The maximum atomic E-state index is 11.7. The van der Waals surface area contributed by atoms with E-state index in [1.165, 1.54) is 6.33 Å². The first-order valence-corrected chi connectivity index (χ1v) is 6.57. The second kappa shape index (κ2) is 5.70. The highest BCUT2D eigenvalue weighted by Crippen LogP contribution is 2.30. The summed E-state index contributed by atoms with van der Waals surface area (Å²) < 4.78 is 13.1. The number of aromatic nitrogens is 3. The molecule has 108 valence electrons. The Morgan fingerprint density at radius 3 is 2.81 bits per heavy atom. The Labute approximate surface area is 121 Å². The number of benzene rings is 1. The molecule has 2 heterocycles. The summed E-state index contributed by atoms with van der Waals surface area (Å²) in [4.78, 5) is 18.4. The Balaban J connectivity index is 1.85. The third-order valence-electron chi connectivity index (χ3n) is 3.20. The Morgan fingerprint density at radius 2 is 2.05 bits per heavy atom. The minimum Gasteiger partial charge on any atom is -0.493 e. The lowest BCUT2D eigenvalue weighted by Crippen LogP contribution is -2.09. The summed E-state index contributed by atoms with van der Waals surface area (Å²) in [6, 6.07) is 7.30. The Kier molecular flexibility index (Phi) is 3.59. The highest BCUT2D eigenvalue weighted by Gasteiger charge is 2.09. The van der Waals surface area contributed by atoms with Gasteiger partial charge in [-0.2, -0.15) is 0 Å². The van der Waals surface area contributed by atoms with Crippen LogP contribution in [0.2, 0.25) is 0 Å². The normalized spacial score (nSPS) is 10.7. The van der Waals surface area contributed by atoms with Gasteiger partial charge in [-0.1, -0.05) is 0 Å². The van der Waals surface area contributed by atoms with E-state index in [1.807, 2.05) is 29.1 Å². The van der Waals surface area contributed by atoms with Crippen molar-refractivity contribution >= 4 is 10.9 Å². The number of ether oxygens (including phenoxy) is 2. The van der Waals surface area contributed by atoms with E-state index in [0.717, 1.165) is 6.54 Å². The highest BCUT2D eigenvalue weighted by atomic mass is 16.5. The molecule has 0 fully saturated rings. The molecule has 1 N–H and O–H groups in total. The molecule has 6 heteroatoms. The molecule has 21 heavy (non-hydrogen) atoms. The van der Waals surface area contributed by atoms with Gasteiger partial charge in [-0.15, -0.1) is 0 Å². The van der Waals surface area contributed by atoms with Crippen LogP contribution in [0.25, 0.3) is 10.9 Å². The first kappa shape index (κ1) is 13.2. The van der Waals surface area contributed by atoms with Gasteiger partial charge in [-0.25, -0.2) is 4.98 Å². The van der Waals surface area contributed by atoms with E-state index in [4.69, 9.17) is 9.47 Å². The zero-order valence-corrected chi connectivity index (χ0v) is 11.6. The molecule has 0 aliphatic carbocycles. The first-order chi connectivity index (χ1) is 10.3. The smallest absolute Gasteiger partial charge is 0.258 e. The Morgan fingerprint density at radius 1 is 1.24 bits per heavy atom. The number of methoxy groups -OCH3 is 1. The maximum Gasteiger partial charge on any atom is 0.258 e. The predicted octanol–water partition coefficient (Wildman–Crippen LogP) is 1.81. The van der Waals surface area contributed by atoms with Crippen molar-refractivity contribution in [3.8, 4) is 11.5 Å². The van der Waals surface area contributed by atoms with Crippen LogP contribution in [0, 0.1) is 0 Å².